The maximum absolute atomic E-state index is 12.5. The molecule has 27 heavy (non-hydrogen) atoms. The second-order valence-corrected chi connectivity index (χ2v) is 7.17. The van der Waals surface area contributed by atoms with Gasteiger partial charge in [0.15, 0.2) is 11.2 Å². The van der Waals surface area contributed by atoms with E-state index in [0.29, 0.717) is 17.5 Å². The lowest BCUT2D eigenvalue weighted by Gasteiger charge is -2.22. The van der Waals surface area contributed by atoms with Crippen molar-refractivity contribution < 1.29 is 13.6 Å². The number of halogens is 2. The summed E-state index contributed by atoms with van der Waals surface area (Å²) in [6.07, 6.45) is 0. The molecule has 1 unspecified atom stereocenters. The van der Waals surface area contributed by atoms with E-state index in [0.717, 1.165) is 16.0 Å². The Morgan fingerprint density at radius 3 is 2.56 bits per heavy atom. The summed E-state index contributed by atoms with van der Waals surface area (Å²) < 4.78 is 12.0. The Morgan fingerprint density at radius 2 is 1.93 bits per heavy atom. The summed E-state index contributed by atoms with van der Waals surface area (Å²) in [6, 6.07) is 9.94. The van der Waals surface area contributed by atoms with E-state index in [9.17, 15) is 9.59 Å². The molecule has 3 aromatic rings. The number of nitrogens with zero attached hydrogens (tertiary/aromatic N) is 1. The molecule has 0 aliphatic heterocycles. The highest BCUT2D eigenvalue weighted by Gasteiger charge is 2.20. The summed E-state index contributed by atoms with van der Waals surface area (Å²) in [7, 11) is 3.81. The van der Waals surface area contributed by atoms with Crippen LogP contribution < -0.4 is 10.7 Å². The van der Waals surface area contributed by atoms with Crippen molar-refractivity contribution in [2.45, 2.75) is 13.0 Å². The van der Waals surface area contributed by atoms with E-state index in [1.807, 2.05) is 38.1 Å². The molecule has 0 radical (unpaired) electrons. The summed E-state index contributed by atoms with van der Waals surface area (Å²) in [4.78, 5) is 26.7. The Balaban J connectivity index is 0.00000261. The van der Waals surface area contributed by atoms with Gasteiger partial charge in [0.2, 0.25) is 0 Å². The van der Waals surface area contributed by atoms with Crippen molar-refractivity contribution >= 4 is 45.2 Å². The van der Waals surface area contributed by atoms with Gasteiger partial charge < -0.3 is 14.2 Å². The number of benzene rings is 1. The summed E-state index contributed by atoms with van der Waals surface area (Å²) in [5.74, 6) is 1.11. The average molecular weight is 456 g/mol. The first kappa shape index (κ1) is 21.2. The van der Waals surface area contributed by atoms with E-state index in [-0.39, 0.29) is 29.6 Å². The summed E-state index contributed by atoms with van der Waals surface area (Å²) in [5.41, 5.74) is 0.111. The minimum Gasteiger partial charge on any atom is -0.465 e. The molecule has 0 spiro atoms. The van der Waals surface area contributed by atoms with Gasteiger partial charge in [-0.1, -0.05) is 15.9 Å². The van der Waals surface area contributed by atoms with Gasteiger partial charge in [-0.05, 0) is 51.4 Å². The predicted octanol–water partition coefficient (Wildman–Crippen LogP) is 3.91. The van der Waals surface area contributed by atoms with Gasteiger partial charge in [0.1, 0.15) is 17.1 Å². The molecule has 1 aromatic carbocycles. The second kappa shape index (κ2) is 8.73. The molecule has 1 N–H and O–H groups in total. The van der Waals surface area contributed by atoms with Crippen molar-refractivity contribution in [3.8, 4) is 0 Å². The van der Waals surface area contributed by atoms with E-state index >= 15 is 0 Å². The molecule has 6 nitrogen and oxygen atoms in total. The number of likely N-dealkylation sites (N-methyl/N-ethyl adjacent to an activating group) is 1. The van der Waals surface area contributed by atoms with Gasteiger partial charge in [-0.25, -0.2) is 0 Å². The van der Waals surface area contributed by atoms with Gasteiger partial charge in [0.25, 0.3) is 5.91 Å². The largest absolute Gasteiger partial charge is 0.465 e. The smallest absolute Gasteiger partial charge is 0.287 e. The van der Waals surface area contributed by atoms with Crippen LogP contribution in [-0.2, 0) is 0 Å². The third-order valence-electron chi connectivity index (χ3n) is 4.08. The predicted molar refractivity (Wildman–Crippen MR) is 110 cm³/mol. The number of nitrogens with one attached hydrogen (secondary N) is 1. The number of aryl methyl sites for hydroxylation is 1. The number of rotatable bonds is 5. The first-order chi connectivity index (χ1) is 12.3. The topological polar surface area (TPSA) is 75.7 Å². The molecular formula is C19H20BrClN2O4. The Labute approximate surface area is 171 Å². The number of fused-ring (bicyclic) bond motifs is 1. The molecule has 3 rings (SSSR count). The number of hydrogen-bond acceptors (Lipinski definition) is 5. The molecule has 2 aromatic heterocycles. The molecule has 144 valence electrons. The zero-order valence-corrected chi connectivity index (χ0v) is 17.5. The fourth-order valence-electron chi connectivity index (χ4n) is 2.69. The number of carbonyl (C=O) groups excluding carboxylic acids is 1. The van der Waals surface area contributed by atoms with Crippen LogP contribution in [0.5, 0.6) is 0 Å². The minimum atomic E-state index is -0.443. The van der Waals surface area contributed by atoms with E-state index in [4.69, 9.17) is 8.83 Å². The molecule has 0 saturated heterocycles. The zero-order chi connectivity index (χ0) is 18.8. The summed E-state index contributed by atoms with van der Waals surface area (Å²) in [6.45, 7) is 2.19. The van der Waals surface area contributed by atoms with Gasteiger partial charge in [-0.2, -0.15) is 0 Å². The van der Waals surface area contributed by atoms with E-state index in [1.165, 1.54) is 6.07 Å². The molecule has 1 amide bonds. The third kappa shape index (κ3) is 4.80. The SMILES string of the molecule is Cc1ccc(C(CNC(=O)c2cc(=O)c3cc(Br)ccc3o2)N(C)C)o1.Cl. The molecule has 1 atom stereocenters. The molecule has 0 aliphatic rings. The Hall–Kier alpha value is -2.09. The van der Waals surface area contributed by atoms with Crippen molar-refractivity contribution in [3.63, 3.8) is 0 Å². The van der Waals surface area contributed by atoms with Gasteiger partial charge in [0, 0.05) is 17.1 Å². The molecule has 0 fully saturated rings. The maximum atomic E-state index is 12.5. The van der Waals surface area contributed by atoms with Crippen molar-refractivity contribution in [2.24, 2.45) is 0 Å². The van der Waals surface area contributed by atoms with Crippen LogP contribution in [0.1, 0.15) is 28.1 Å². The van der Waals surface area contributed by atoms with Crippen LogP contribution in [0.15, 0.2) is 54.5 Å². The van der Waals surface area contributed by atoms with Crippen molar-refractivity contribution in [1.29, 1.82) is 0 Å². The van der Waals surface area contributed by atoms with Crippen LogP contribution in [0.2, 0.25) is 0 Å². The lowest BCUT2D eigenvalue weighted by Crippen LogP contribution is -2.34. The second-order valence-electron chi connectivity index (χ2n) is 6.25. The van der Waals surface area contributed by atoms with E-state index in [1.54, 1.807) is 18.2 Å². The van der Waals surface area contributed by atoms with Crippen LogP contribution in [0.25, 0.3) is 11.0 Å². The normalized spacial score (nSPS) is 12.0. The first-order valence-electron chi connectivity index (χ1n) is 8.09. The molecule has 0 aliphatic carbocycles. The number of amides is 1. The van der Waals surface area contributed by atoms with E-state index < -0.39 is 5.91 Å². The summed E-state index contributed by atoms with van der Waals surface area (Å²) >= 11 is 3.32. The number of furan rings is 1. The Bertz CT molecular complexity index is 1010. The molecule has 0 bridgehead atoms. The minimum absolute atomic E-state index is 0. The van der Waals surface area contributed by atoms with Crippen LogP contribution in [0.3, 0.4) is 0 Å². The van der Waals surface area contributed by atoms with Gasteiger partial charge in [-0.3, -0.25) is 14.5 Å². The first-order valence-corrected chi connectivity index (χ1v) is 8.89. The fraction of sp³-hybridized carbons (Fsp3) is 0.263. The van der Waals surface area contributed by atoms with Crippen LogP contribution in [0.4, 0.5) is 0 Å². The van der Waals surface area contributed by atoms with Gasteiger partial charge >= 0.3 is 0 Å². The Morgan fingerprint density at radius 1 is 1.19 bits per heavy atom. The molecule has 0 saturated carbocycles. The monoisotopic (exact) mass is 454 g/mol. The standard InChI is InChI=1S/C19H19BrN2O4.ClH/c1-11-4-6-17(25-11)14(22(2)3)10-21-19(24)18-9-15(23)13-8-12(20)5-7-16(13)26-18;/h4-9,14H,10H2,1-3H3,(H,21,24);1H. The maximum Gasteiger partial charge on any atom is 0.287 e. The fourth-order valence-corrected chi connectivity index (χ4v) is 3.05. The number of hydrogen-bond donors (Lipinski definition) is 1. The van der Waals surface area contributed by atoms with Crippen LogP contribution in [0, 0.1) is 6.92 Å². The highest BCUT2D eigenvalue weighted by atomic mass is 79.9. The highest BCUT2D eigenvalue weighted by Crippen LogP contribution is 2.21. The van der Waals surface area contributed by atoms with Crippen molar-refractivity contribution in [3.05, 3.63) is 68.4 Å². The molecule has 2 heterocycles. The van der Waals surface area contributed by atoms with Gasteiger partial charge in [0.05, 0.1) is 11.4 Å². The average Bonchev–Trinajstić information content (AvgIpc) is 3.01. The van der Waals surface area contributed by atoms with E-state index in [2.05, 4.69) is 21.2 Å². The van der Waals surface area contributed by atoms with Crippen LogP contribution in [-0.4, -0.2) is 31.4 Å². The van der Waals surface area contributed by atoms with Gasteiger partial charge in [-0.15, -0.1) is 12.4 Å². The van der Waals surface area contributed by atoms with Crippen LogP contribution >= 0.6 is 28.3 Å². The Kier molecular flexibility index (Phi) is 6.86. The highest BCUT2D eigenvalue weighted by molar-refractivity contribution is 9.10. The van der Waals surface area contributed by atoms with Crippen molar-refractivity contribution in [2.75, 3.05) is 20.6 Å². The lowest BCUT2D eigenvalue weighted by atomic mass is 10.2. The zero-order valence-electron chi connectivity index (χ0n) is 15.1. The summed E-state index contributed by atoms with van der Waals surface area (Å²) in [5, 5.41) is 3.23. The number of carbonyl (C=O) groups is 1. The third-order valence-corrected chi connectivity index (χ3v) is 4.58. The lowest BCUT2D eigenvalue weighted by molar-refractivity contribution is 0.0911. The molecular weight excluding hydrogens is 436 g/mol. The quantitative estimate of drug-likeness (QED) is 0.631. The van der Waals surface area contributed by atoms with Crippen molar-refractivity contribution in [1.82, 2.24) is 10.2 Å². The molecule has 8 heteroatoms.